The fourth-order valence-electron chi connectivity index (χ4n) is 1.46. The molecule has 0 N–H and O–H groups in total. The van der Waals surface area contributed by atoms with Crippen LogP contribution in [-0.2, 0) is 0 Å². The lowest BCUT2D eigenvalue weighted by Gasteiger charge is -2.08. The first-order valence-electron chi connectivity index (χ1n) is 4.57. The summed E-state index contributed by atoms with van der Waals surface area (Å²) in [5.41, 5.74) is 3.06. The van der Waals surface area contributed by atoms with Gasteiger partial charge in [0, 0.05) is 10.9 Å². The Morgan fingerprint density at radius 3 is 2.75 bits per heavy atom. The highest BCUT2D eigenvalue weighted by Gasteiger charge is 2.10. The largest absolute Gasteiger partial charge is 0.495 e. The summed E-state index contributed by atoms with van der Waals surface area (Å²) in [6, 6.07) is 3.81. The minimum atomic E-state index is 0.604. The number of aryl methyl sites for hydroxylation is 1. The topological polar surface area (TPSA) is 22.1 Å². The smallest absolute Gasteiger partial charge is 0.159 e. The van der Waals surface area contributed by atoms with Crippen molar-refractivity contribution in [3.05, 3.63) is 32.0 Å². The first-order valence-corrected chi connectivity index (χ1v) is 6.62. The van der Waals surface area contributed by atoms with E-state index in [1.54, 1.807) is 18.4 Å². The van der Waals surface area contributed by atoms with E-state index in [9.17, 15) is 0 Å². The highest BCUT2D eigenvalue weighted by Crippen LogP contribution is 2.34. The Balaban J connectivity index is 2.54. The molecule has 2 rings (SSSR count). The van der Waals surface area contributed by atoms with Gasteiger partial charge in [-0.2, -0.15) is 0 Å². The molecule has 0 saturated carbocycles. The van der Waals surface area contributed by atoms with Crippen molar-refractivity contribution < 1.29 is 4.74 Å². The SMILES string of the molecule is COc1cc(C)c(-c2csc(Br)n2)cc1Cl. The first-order chi connectivity index (χ1) is 7.61. The van der Waals surface area contributed by atoms with Gasteiger partial charge in [0.2, 0.25) is 0 Å². The molecule has 5 heteroatoms. The molecule has 0 atom stereocenters. The zero-order valence-corrected chi connectivity index (χ0v) is 11.9. The third-order valence-electron chi connectivity index (χ3n) is 2.25. The molecule has 1 aromatic heterocycles. The molecule has 0 amide bonds. The molecule has 0 saturated heterocycles. The van der Waals surface area contributed by atoms with Crippen molar-refractivity contribution in [3.8, 4) is 17.0 Å². The molecule has 0 spiro atoms. The van der Waals surface area contributed by atoms with Gasteiger partial charge in [-0.05, 0) is 40.5 Å². The molecule has 0 fully saturated rings. The van der Waals surface area contributed by atoms with E-state index in [0.29, 0.717) is 10.8 Å². The van der Waals surface area contributed by atoms with Crippen LogP contribution in [0.4, 0.5) is 0 Å². The molecule has 0 bridgehead atoms. The number of hydrogen-bond acceptors (Lipinski definition) is 3. The quantitative estimate of drug-likeness (QED) is 0.811. The van der Waals surface area contributed by atoms with E-state index in [4.69, 9.17) is 16.3 Å². The molecule has 0 aliphatic carbocycles. The highest BCUT2D eigenvalue weighted by molar-refractivity contribution is 9.11. The Bertz CT molecular complexity index is 527. The van der Waals surface area contributed by atoms with Gasteiger partial charge in [-0.3, -0.25) is 0 Å². The van der Waals surface area contributed by atoms with Gasteiger partial charge in [-0.1, -0.05) is 11.6 Å². The van der Waals surface area contributed by atoms with Crippen molar-refractivity contribution in [2.45, 2.75) is 6.92 Å². The van der Waals surface area contributed by atoms with E-state index in [1.807, 2.05) is 24.4 Å². The summed E-state index contributed by atoms with van der Waals surface area (Å²) in [6.45, 7) is 2.02. The van der Waals surface area contributed by atoms with Crippen LogP contribution in [-0.4, -0.2) is 12.1 Å². The van der Waals surface area contributed by atoms with Crippen molar-refractivity contribution in [1.29, 1.82) is 0 Å². The Morgan fingerprint density at radius 1 is 1.44 bits per heavy atom. The molecule has 1 aromatic carbocycles. The zero-order chi connectivity index (χ0) is 11.7. The molecule has 16 heavy (non-hydrogen) atoms. The van der Waals surface area contributed by atoms with Crippen LogP contribution in [0.5, 0.6) is 5.75 Å². The maximum atomic E-state index is 6.10. The number of aromatic nitrogens is 1. The summed E-state index contributed by atoms with van der Waals surface area (Å²) >= 11 is 11.0. The second-order valence-corrected chi connectivity index (χ2v) is 5.83. The predicted molar refractivity (Wildman–Crippen MR) is 71.5 cm³/mol. The number of rotatable bonds is 2. The van der Waals surface area contributed by atoms with E-state index in [-0.39, 0.29) is 0 Å². The molecule has 2 nitrogen and oxygen atoms in total. The summed E-state index contributed by atoms with van der Waals surface area (Å²) in [6.07, 6.45) is 0. The normalized spacial score (nSPS) is 10.5. The summed E-state index contributed by atoms with van der Waals surface area (Å²) in [5, 5.41) is 2.60. The fourth-order valence-corrected chi connectivity index (χ4v) is 2.71. The minimum Gasteiger partial charge on any atom is -0.495 e. The van der Waals surface area contributed by atoms with E-state index in [0.717, 1.165) is 20.7 Å². The van der Waals surface area contributed by atoms with Gasteiger partial charge in [0.05, 0.1) is 17.8 Å². The summed E-state index contributed by atoms with van der Waals surface area (Å²) in [5.74, 6) is 0.692. The molecular weight excluding hydrogens is 310 g/mol. The molecule has 2 aromatic rings. The fraction of sp³-hybridized carbons (Fsp3) is 0.182. The van der Waals surface area contributed by atoms with Gasteiger partial charge in [-0.15, -0.1) is 11.3 Å². The number of halogens is 2. The monoisotopic (exact) mass is 317 g/mol. The maximum Gasteiger partial charge on any atom is 0.159 e. The molecule has 0 aliphatic heterocycles. The van der Waals surface area contributed by atoms with Crippen LogP contribution >= 0.6 is 38.9 Å². The lowest BCUT2D eigenvalue weighted by molar-refractivity contribution is 0.415. The van der Waals surface area contributed by atoms with Gasteiger partial charge in [0.15, 0.2) is 3.92 Å². The zero-order valence-electron chi connectivity index (χ0n) is 8.75. The second kappa shape index (κ2) is 4.73. The van der Waals surface area contributed by atoms with Gasteiger partial charge in [0.25, 0.3) is 0 Å². The van der Waals surface area contributed by atoms with Crippen LogP contribution < -0.4 is 4.74 Å². The van der Waals surface area contributed by atoms with Gasteiger partial charge < -0.3 is 4.74 Å². The predicted octanol–water partition coefficient (Wildman–Crippen LogP) is 4.54. The number of hydrogen-bond donors (Lipinski definition) is 0. The van der Waals surface area contributed by atoms with Crippen molar-refractivity contribution >= 4 is 38.9 Å². The van der Waals surface area contributed by atoms with E-state index in [2.05, 4.69) is 20.9 Å². The number of methoxy groups -OCH3 is 1. The van der Waals surface area contributed by atoms with Gasteiger partial charge in [-0.25, -0.2) is 4.98 Å². The van der Waals surface area contributed by atoms with E-state index in [1.165, 1.54) is 0 Å². The average Bonchev–Trinajstić information content (AvgIpc) is 2.67. The third kappa shape index (κ3) is 2.24. The van der Waals surface area contributed by atoms with Crippen LogP contribution in [0, 0.1) is 6.92 Å². The molecule has 84 valence electrons. The number of ether oxygens (including phenoxy) is 1. The molecule has 0 radical (unpaired) electrons. The van der Waals surface area contributed by atoms with Crippen molar-refractivity contribution in [3.63, 3.8) is 0 Å². The highest BCUT2D eigenvalue weighted by atomic mass is 79.9. The van der Waals surface area contributed by atoms with Crippen LogP contribution in [0.15, 0.2) is 21.4 Å². The van der Waals surface area contributed by atoms with Gasteiger partial charge in [0.1, 0.15) is 5.75 Å². The Labute approximate surface area is 111 Å². The van der Waals surface area contributed by atoms with Crippen molar-refractivity contribution in [2.75, 3.05) is 7.11 Å². The average molecular weight is 319 g/mol. The van der Waals surface area contributed by atoms with Crippen molar-refractivity contribution in [2.24, 2.45) is 0 Å². The Morgan fingerprint density at radius 2 is 2.19 bits per heavy atom. The standard InChI is InChI=1S/C11H9BrClNOS/c1-6-3-10(15-2)8(13)4-7(6)9-5-16-11(12)14-9/h3-5H,1-2H3. The number of benzene rings is 1. The van der Waals surface area contributed by atoms with E-state index >= 15 is 0 Å². The molecule has 0 aliphatic rings. The lowest BCUT2D eigenvalue weighted by Crippen LogP contribution is -1.89. The number of nitrogens with zero attached hydrogens (tertiary/aromatic N) is 1. The number of thiazole rings is 1. The van der Waals surface area contributed by atoms with Crippen LogP contribution in [0.3, 0.4) is 0 Å². The first kappa shape index (κ1) is 11.9. The van der Waals surface area contributed by atoms with E-state index < -0.39 is 0 Å². The molecule has 1 heterocycles. The minimum absolute atomic E-state index is 0.604. The van der Waals surface area contributed by atoms with Crippen molar-refractivity contribution in [1.82, 2.24) is 4.98 Å². The summed E-state index contributed by atoms with van der Waals surface area (Å²) in [4.78, 5) is 4.37. The lowest BCUT2D eigenvalue weighted by atomic mass is 10.1. The van der Waals surface area contributed by atoms with Gasteiger partial charge >= 0.3 is 0 Å². The van der Waals surface area contributed by atoms with Crippen LogP contribution in [0.2, 0.25) is 5.02 Å². The molecule has 0 unspecified atom stereocenters. The third-order valence-corrected chi connectivity index (χ3v) is 3.91. The summed E-state index contributed by atoms with van der Waals surface area (Å²) < 4.78 is 6.03. The van der Waals surface area contributed by atoms with Crippen LogP contribution in [0.1, 0.15) is 5.56 Å². The second-order valence-electron chi connectivity index (χ2n) is 3.29. The Kier molecular flexibility index (Phi) is 3.52. The molecular formula is C11H9BrClNOS. The maximum absolute atomic E-state index is 6.10. The summed E-state index contributed by atoms with van der Waals surface area (Å²) in [7, 11) is 1.61. The van der Waals surface area contributed by atoms with Crippen LogP contribution in [0.25, 0.3) is 11.3 Å². The Hall–Kier alpha value is -0.580.